The van der Waals surface area contributed by atoms with Crippen molar-refractivity contribution in [3.05, 3.63) is 0 Å². The van der Waals surface area contributed by atoms with E-state index < -0.39 is 0 Å². The number of ether oxygens (including phenoxy) is 2. The summed E-state index contributed by atoms with van der Waals surface area (Å²) in [6.45, 7) is 9.21. The Morgan fingerprint density at radius 1 is 0.947 bits per heavy atom. The number of rotatable bonds is 10. The lowest BCUT2D eigenvalue weighted by atomic mass is 10.2. The summed E-state index contributed by atoms with van der Waals surface area (Å²) in [5.41, 5.74) is 0. The summed E-state index contributed by atoms with van der Waals surface area (Å²) in [5.74, 6) is 0.0559. The molecule has 6 heteroatoms. The summed E-state index contributed by atoms with van der Waals surface area (Å²) in [6.07, 6.45) is 0.0311. The van der Waals surface area contributed by atoms with E-state index in [-0.39, 0.29) is 31.1 Å². The Morgan fingerprint density at radius 2 is 1.47 bits per heavy atom. The van der Waals surface area contributed by atoms with Gasteiger partial charge < -0.3 is 20.1 Å². The molecule has 0 rings (SSSR count). The van der Waals surface area contributed by atoms with Gasteiger partial charge in [-0.1, -0.05) is 13.8 Å². The van der Waals surface area contributed by atoms with Gasteiger partial charge in [-0.2, -0.15) is 0 Å². The van der Waals surface area contributed by atoms with E-state index in [4.69, 9.17) is 9.47 Å². The van der Waals surface area contributed by atoms with Crippen LogP contribution in [0.3, 0.4) is 0 Å². The van der Waals surface area contributed by atoms with Crippen molar-refractivity contribution in [1.29, 1.82) is 0 Å². The third-order valence-corrected chi connectivity index (χ3v) is 2.00. The Balaban J connectivity index is 3.42. The lowest BCUT2D eigenvalue weighted by molar-refractivity contribution is -0.128. The van der Waals surface area contributed by atoms with Gasteiger partial charge in [-0.05, 0) is 19.8 Å². The normalized spacial score (nSPS) is 10.8. The summed E-state index contributed by atoms with van der Waals surface area (Å²) in [5, 5.41) is 5.31. The van der Waals surface area contributed by atoms with Gasteiger partial charge in [-0.3, -0.25) is 9.59 Å². The Bertz CT molecular complexity index is 267. The van der Waals surface area contributed by atoms with E-state index in [1.807, 2.05) is 27.7 Å². The predicted molar refractivity (Wildman–Crippen MR) is 72.8 cm³/mol. The highest BCUT2D eigenvalue weighted by Crippen LogP contribution is 1.91. The van der Waals surface area contributed by atoms with Crippen molar-refractivity contribution < 1.29 is 19.1 Å². The topological polar surface area (TPSA) is 76.7 Å². The number of carbonyl (C=O) groups excluding carboxylic acids is 2. The molecule has 0 aliphatic carbocycles. The predicted octanol–water partition coefficient (Wildman–Crippen LogP) is 0.316. The molecule has 112 valence electrons. The van der Waals surface area contributed by atoms with Crippen molar-refractivity contribution >= 4 is 11.8 Å². The van der Waals surface area contributed by atoms with Crippen LogP contribution in [-0.2, 0) is 19.1 Å². The summed E-state index contributed by atoms with van der Waals surface area (Å²) in [7, 11) is 0. The molecular weight excluding hydrogens is 248 g/mol. The highest BCUT2D eigenvalue weighted by Gasteiger charge is 2.04. The molecule has 0 aromatic carbocycles. The second-order valence-electron chi connectivity index (χ2n) is 4.97. The largest absolute Gasteiger partial charge is 0.371 e. The quantitative estimate of drug-likeness (QED) is 0.562. The summed E-state index contributed by atoms with van der Waals surface area (Å²) in [4.78, 5) is 22.6. The number of carbonyl (C=O) groups is 2. The van der Waals surface area contributed by atoms with Gasteiger partial charge in [0.15, 0.2) is 0 Å². The zero-order valence-corrected chi connectivity index (χ0v) is 12.3. The lowest BCUT2D eigenvalue weighted by Gasteiger charge is -2.10. The molecule has 0 aliphatic heterocycles. The molecule has 0 aliphatic rings. The molecule has 0 aromatic rings. The first kappa shape index (κ1) is 17.9. The van der Waals surface area contributed by atoms with E-state index in [0.717, 1.165) is 0 Å². The van der Waals surface area contributed by atoms with Gasteiger partial charge in [0.25, 0.3) is 0 Å². The van der Waals surface area contributed by atoms with E-state index in [2.05, 4.69) is 10.6 Å². The van der Waals surface area contributed by atoms with Gasteiger partial charge in [-0.15, -0.1) is 0 Å². The summed E-state index contributed by atoms with van der Waals surface area (Å²) >= 11 is 0. The minimum absolute atomic E-state index is 0.0311. The van der Waals surface area contributed by atoms with Gasteiger partial charge in [0, 0.05) is 19.7 Å². The minimum atomic E-state index is -0.181. The van der Waals surface area contributed by atoms with Crippen LogP contribution in [0, 0.1) is 5.92 Å². The molecule has 6 nitrogen and oxygen atoms in total. The van der Waals surface area contributed by atoms with Crippen LogP contribution in [0.1, 0.15) is 27.7 Å². The maximum absolute atomic E-state index is 11.3. The first-order chi connectivity index (χ1) is 8.91. The monoisotopic (exact) mass is 274 g/mol. The highest BCUT2D eigenvalue weighted by atomic mass is 16.5. The molecule has 0 radical (unpaired) electrons. The average molecular weight is 274 g/mol. The second kappa shape index (κ2) is 10.8. The van der Waals surface area contributed by atoms with E-state index in [1.165, 1.54) is 0 Å². The molecule has 0 atom stereocenters. The number of nitrogens with one attached hydrogen (secondary N) is 2. The maximum atomic E-state index is 11.3. The van der Waals surface area contributed by atoms with Crippen LogP contribution in [0.4, 0.5) is 0 Å². The van der Waals surface area contributed by atoms with Crippen molar-refractivity contribution in [3.63, 3.8) is 0 Å². The molecule has 0 saturated carbocycles. The number of hydrogen-bond donors (Lipinski definition) is 2. The first-order valence-corrected chi connectivity index (χ1v) is 6.64. The lowest BCUT2D eigenvalue weighted by Crippen LogP contribution is -2.37. The van der Waals surface area contributed by atoms with Crippen LogP contribution in [0.2, 0.25) is 0 Å². The van der Waals surface area contributed by atoms with Crippen LogP contribution in [-0.4, -0.2) is 50.8 Å². The molecule has 0 saturated heterocycles. The second-order valence-corrected chi connectivity index (χ2v) is 4.97. The molecule has 0 fully saturated rings. The fourth-order valence-electron chi connectivity index (χ4n) is 1.14. The van der Waals surface area contributed by atoms with Crippen molar-refractivity contribution in [1.82, 2.24) is 10.6 Å². The van der Waals surface area contributed by atoms with Gasteiger partial charge in [0.05, 0.1) is 6.10 Å². The zero-order valence-electron chi connectivity index (χ0n) is 12.3. The molecule has 0 bridgehead atoms. The number of hydrogen-bond acceptors (Lipinski definition) is 4. The molecule has 19 heavy (non-hydrogen) atoms. The third-order valence-electron chi connectivity index (χ3n) is 2.00. The van der Waals surface area contributed by atoms with Gasteiger partial charge in [-0.25, -0.2) is 0 Å². The Labute approximate surface area is 115 Å². The van der Waals surface area contributed by atoms with Crippen LogP contribution in [0.15, 0.2) is 0 Å². The molecule has 0 spiro atoms. The summed E-state index contributed by atoms with van der Waals surface area (Å²) in [6, 6.07) is 0. The minimum Gasteiger partial charge on any atom is -0.371 e. The molecule has 2 amide bonds. The van der Waals surface area contributed by atoms with Crippen LogP contribution in [0.25, 0.3) is 0 Å². The molecular formula is C13H26N2O4. The van der Waals surface area contributed by atoms with Crippen LogP contribution < -0.4 is 10.6 Å². The molecule has 0 unspecified atom stereocenters. The smallest absolute Gasteiger partial charge is 0.246 e. The highest BCUT2D eigenvalue weighted by molar-refractivity contribution is 5.78. The van der Waals surface area contributed by atoms with Crippen molar-refractivity contribution in [2.24, 2.45) is 5.92 Å². The first-order valence-electron chi connectivity index (χ1n) is 6.64. The molecule has 0 aromatic heterocycles. The molecule has 0 heterocycles. The van der Waals surface area contributed by atoms with Crippen molar-refractivity contribution in [3.8, 4) is 0 Å². The Kier molecular flexibility index (Phi) is 10.1. The van der Waals surface area contributed by atoms with E-state index in [1.54, 1.807) is 0 Å². The average Bonchev–Trinajstić information content (AvgIpc) is 2.31. The maximum Gasteiger partial charge on any atom is 0.246 e. The van der Waals surface area contributed by atoms with E-state index >= 15 is 0 Å². The summed E-state index contributed by atoms with van der Waals surface area (Å²) < 4.78 is 10.3. The zero-order chi connectivity index (χ0) is 14.7. The van der Waals surface area contributed by atoms with Crippen molar-refractivity contribution in [2.45, 2.75) is 33.8 Å². The van der Waals surface area contributed by atoms with Crippen LogP contribution >= 0.6 is 0 Å². The van der Waals surface area contributed by atoms with Crippen molar-refractivity contribution in [2.75, 3.05) is 32.9 Å². The van der Waals surface area contributed by atoms with Gasteiger partial charge >= 0.3 is 0 Å². The Hall–Kier alpha value is -1.14. The van der Waals surface area contributed by atoms with Crippen LogP contribution in [0.5, 0.6) is 0 Å². The number of amides is 2. The SMILES string of the molecule is CC(C)COCC(=O)NCCNC(=O)COC(C)C. The fourth-order valence-corrected chi connectivity index (χ4v) is 1.14. The van der Waals surface area contributed by atoms with Gasteiger partial charge in [0.1, 0.15) is 13.2 Å². The molecule has 2 N–H and O–H groups in total. The standard InChI is InChI=1S/C13H26N2O4/c1-10(2)7-18-8-12(16)14-5-6-15-13(17)9-19-11(3)4/h10-11H,5-9H2,1-4H3,(H,14,16)(H,15,17). The van der Waals surface area contributed by atoms with E-state index in [0.29, 0.717) is 25.6 Å². The Morgan fingerprint density at radius 3 is 1.95 bits per heavy atom. The van der Waals surface area contributed by atoms with E-state index in [9.17, 15) is 9.59 Å². The fraction of sp³-hybridized carbons (Fsp3) is 0.846. The third kappa shape index (κ3) is 13.1. The van der Waals surface area contributed by atoms with Gasteiger partial charge in [0.2, 0.25) is 11.8 Å².